The van der Waals surface area contributed by atoms with Crippen LogP contribution in [-0.4, -0.2) is 24.0 Å². The maximum atomic E-state index is 12.8. The van der Waals surface area contributed by atoms with E-state index in [0.717, 1.165) is 10.9 Å². The number of hydrogen-bond acceptors (Lipinski definition) is 4. The lowest BCUT2D eigenvalue weighted by Crippen LogP contribution is -2.28. The summed E-state index contributed by atoms with van der Waals surface area (Å²) in [6, 6.07) is 5.74. The van der Waals surface area contributed by atoms with Gasteiger partial charge in [0.05, 0.1) is 10.4 Å². The van der Waals surface area contributed by atoms with Crippen molar-refractivity contribution in [3.05, 3.63) is 45.8 Å². The van der Waals surface area contributed by atoms with Crippen LogP contribution in [0.1, 0.15) is 20.1 Å². The maximum Gasteiger partial charge on any atom is 0.419 e. The second-order valence-electron chi connectivity index (χ2n) is 4.49. The predicted molar refractivity (Wildman–Crippen MR) is 79.1 cm³/mol. The Morgan fingerprint density at radius 2 is 2.05 bits per heavy atom. The molecule has 0 atom stereocenters. The first kappa shape index (κ1) is 16.3. The van der Waals surface area contributed by atoms with Gasteiger partial charge in [-0.2, -0.15) is 13.2 Å². The van der Waals surface area contributed by atoms with Crippen molar-refractivity contribution in [3.8, 4) is 0 Å². The van der Waals surface area contributed by atoms with Gasteiger partial charge in [-0.15, -0.1) is 11.3 Å². The third kappa shape index (κ3) is 4.20. The van der Waals surface area contributed by atoms with Gasteiger partial charge in [-0.1, -0.05) is 0 Å². The Morgan fingerprint density at radius 1 is 1.27 bits per heavy atom. The van der Waals surface area contributed by atoms with Crippen LogP contribution < -0.4 is 10.6 Å². The van der Waals surface area contributed by atoms with Gasteiger partial charge in [0.25, 0.3) is 5.91 Å². The minimum absolute atomic E-state index is 0.149. The highest BCUT2D eigenvalue weighted by Gasteiger charge is 2.33. The number of pyridine rings is 1. The second kappa shape index (κ2) is 6.78. The van der Waals surface area contributed by atoms with Crippen LogP contribution in [0.25, 0.3) is 0 Å². The van der Waals surface area contributed by atoms with Crippen LogP contribution in [0.3, 0.4) is 0 Å². The van der Waals surface area contributed by atoms with Crippen molar-refractivity contribution in [2.75, 3.05) is 18.4 Å². The van der Waals surface area contributed by atoms with Gasteiger partial charge >= 0.3 is 6.18 Å². The molecule has 0 bridgehead atoms. The number of halogens is 3. The average Bonchev–Trinajstić information content (AvgIpc) is 2.89. The molecule has 2 rings (SSSR count). The number of amides is 1. The lowest BCUT2D eigenvalue weighted by atomic mass is 10.2. The van der Waals surface area contributed by atoms with Crippen molar-refractivity contribution >= 4 is 23.1 Å². The van der Waals surface area contributed by atoms with Crippen molar-refractivity contribution in [1.82, 2.24) is 10.3 Å². The maximum absolute atomic E-state index is 12.8. The van der Waals surface area contributed by atoms with Gasteiger partial charge in [-0.3, -0.25) is 4.79 Å². The van der Waals surface area contributed by atoms with E-state index in [1.807, 2.05) is 13.0 Å². The topological polar surface area (TPSA) is 54.0 Å². The Hall–Kier alpha value is -2.09. The number of rotatable bonds is 5. The lowest BCUT2D eigenvalue weighted by molar-refractivity contribution is -0.137. The number of nitrogens with one attached hydrogen (secondary N) is 2. The van der Waals surface area contributed by atoms with Crippen molar-refractivity contribution in [1.29, 1.82) is 0 Å². The summed E-state index contributed by atoms with van der Waals surface area (Å²) in [5, 5.41) is 5.23. The Morgan fingerprint density at radius 3 is 2.68 bits per heavy atom. The molecule has 0 aliphatic carbocycles. The molecule has 0 saturated heterocycles. The van der Waals surface area contributed by atoms with Crippen LogP contribution >= 0.6 is 11.3 Å². The van der Waals surface area contributed by atoms with E-state index in [9.17, 15) is 18.0 Å². The number of carbonyl (C=O) groups excluding carboxylic acids is 1. The standard InChI is InChI=1S/C14H14F3N3OS/c1-9-4-5-11(22-9)13(21)20-8-7-19-12-10(14(15,16)17)3-2-6-18-12/h2-6H,7-8H2,1H3,(H,18,19)(H,20,21). The smallest absolute Gasteiger partial charge is 0.368 e. The summed E-state index contributed by atoms with van der Waals surface area (Å²) in [7, 11) is 0. The van der Waals surface area contributed by atoms with Crippen molar-refractivity contribution in [2.24, 2.45) is 0 Å². The summed E-state index contributed by atoms with van der Waals surface area (Å²) in [5.74, 6) is -0.479. The summed E-state index contributed by atoms with van der Waals surface area (Å²) in [4.78, 5) is 17.0. The molecule has 118 valence electrons. The molecule has 0 aromatic carbocycles. The number of aryl methyl sites for hydroxylation is 1. The fraction of sp³-hybridized carbons (Fsp3) is 0.286. The van der Waals surface area contributed by atoms with Crippen molar-refractivity contribution < 1.29 is 18.0 Å². The number of nitrogens with zero attached hydrogens (tertiary/aromatic N) is 1. The number of hydrogen-bond donors (Lipinski definition) is 2. The molecule has 4 nitrogen and oxygen atoms in total. The zero-order valence-electron chi connectivity index (χ0n) is 11.7. The average molecular weight is 329 g/mol. The molecule has 1 amide bonds. The van der Waals surface area contributed by atoms with Crippen LogP contribution in [-0.2, 0) is 6.18 Å². The van der Waals surface area contributed by atoms with E-state index in [1.165, 1.54) is 23.6 Å². The van der Waals surface area contributed by atoms with Gasteiger partial charge in [0, 0.05) is 24.2 Å². The Kier molecular flexibility index (Phi) is 5.02. The summed E-state index contributed by atoms with van der Waals surface area (Å²) in [6.45, 7) is 2.24. The van der Waals surface area contributed by atoms with Gasteiger partial charge in [-0.25, -0.2) is 4.98 Å². The SMILES string of the molecule is Cc1ccc(C(=O)NCCNc2ncccc2C(F)(F)F)s1. The van der Waals surface area contributed by atoms with Crippen molar-refractivity contribution in [2.45, 2.75) is 13.1 Å². The summed E-state index contributed by atoms with van der Waals surface area (Å²) in [6.07, 6.45) is -3.18. The molecule has 2 aromatic heterocycles. The molecule has 2 aromatic rings. The largest absolute Gasteiger partial charge is 0.419 e. The molecule has 0 aliphatic heterocycles. The normalized spacial score (nSPS) is 11.3. The fourth-order valence-electron chi connectivity index (χ4n) is 1.78. The summed E-state index contributed by atoms with van der Waals surface area (Å²) >= 11 is 1.36. The molecule has 0 radical (unpaired) electrons. The van der Waals surface area contributed by atoms with E-state index in [-0.39, 0.29) is 24.8 Å². The van der Waals surface area contributed by atoms with E-state index < -0.39 is 11.7 Å². The van der Waals surface area contributed by atoms with Gasteiger partial charge in [0.15, 0.2) is 0 Å². The van der Waals surface area contributed by atoms with Crippen LogP contribution in [0.4, 0.5) is 19.0 Å². The molecule has 0 fully saturated rings. The van der Waals surface area contributed by atoms with E-state index in [1.54, 1.807) is 6.07 Å². The monoisotopic (exact) mass is 329 g/mol. The van der Waals surface area contributed by atoms with Crippen LogP contribution in [0.15, 0.2) is 30.5 Å². The first-order chi connectivity index (χ1) is 10.4. The first-order valence-electron chi connectivity index (χ1n) is 6.48. The van der Waals surface area contributed by atoms with Crippen LogP contribution in [0.5, 0.6) is 0 Å². The van der Waals surface area contributed by atoms with E-state index in [2.05, 4.69) is 15.6 Å². The first-order valence-corrected chi connectivity index (χ1v) is 7.30. The molecule has 0 aliphatic rings. The molecule has 2 N–H and O–H groups in total. The van der Waals surface area contributed by atoms with Gasteiger partial charge < -0.3 is 10.6 Å². The Bertz CT molecular complexity index is 655. The third-order valence-corrected chi connectivity index (χ3v) is 3.78. The van der Waals surface area contributed by atoms with E-state index in [0.29, 0.717) is 4.88 Å². The van der Waals surface area contributed by atoms with Crippen LogP contribution in [0.2, 0.25) is 0 Å². The third-order valence-electron chi connectivity index (χ3n) is 2.78. The molecular formula is C14H14F3N3OS. The highest BCUT2D eigenvalue weighted by atomic mass is 32.1. The molecule has 0 spiro atoms. The molecule has 8 heteroatoms. The van der Waals surface area contributed by atoms with Crippen molar-refractivity contribution in [3.63, 3.8) is 0 Å². The van der Waals surface area contributed by atoms with Gasteiger partial charge in [0.1, 0.15) is 5.82 Å². The molecule has 0 unspecified atom stereocenters. The number of carbonyl (C=O) groups is 1. The predicted octanol–water partition coefficient (Wildman–Crippen LogP) is 3.31. The Balaban J connectivity index is 1.86. The number of aromatic nitrogens is 1. The highest BCUT2D eigenvalue weighted by Crippen LogP contribution is 2.33. The van der Waals surface area contributed by atoms with Gasteiger partial charge in [0.2, 0.25) is 0 Å². The minimum Gasteiger partial charge on any atom is -0.368 e. The number of alkyl halides is 3. The highest BCUT2D eigenvalue weighted by molar-refractivity contribution is 7.13. The van der Waals surface area contributed by atoms with Crippen LogP contribution in [0, 0.1) is 6.92 Å². The fourth-order valence-corrected chi connectivity index (χ4v) is 2.56. The lowest BCUT2D eigenvalue weighted by Gasteiger charge is -2.13. The van der Waals surface area contributed by atoms with E-state index in [4.69, 9.17) is 0 Å². The quantitative estimate of drug-likeness (QED) is 0.828. The zero-order valence-corrected chi connectivity index (χ0v) is 12.5. The minimum atomic E-state index is -4.46. The number of thiophene rings is 1. The van der Waals surface area contributed by atoms with E-state index >= 15 is 0 Å². The summed E-state index contributed by atoms with van der Waals surface area (Å²) in [5.41, 5.74) is -0.824. The Labute approximate surface area is 129 Å². The summed E-state index contributed by atoms with van der Waals surface area (Å²) < 4.78 is 38.3. The molecular weight excluding hydrogens is 315 g/mol. The number of anilines is 1. The zero-order chi connectivity index (χ0) is 16.2. The van der Waals surface area contributed by atoms with Gasteiger partial charge in [-0.05, 0) is 31.2 Å². The molecule has 2 heterocycles. The molecule has 22 heavy (non-hydrogen) atoms. The second-order valence-corrected chi connectivity index (χ2v) is 5.78. The molecule has 0 saturated carbocycles.